The van der Waals surface area contributed by atoms with Gasteiger partial charge >= 0.3 is 11.8 Å². The lowest BCUT2D eigenvalue weighted by atomic mass is 10.2. The molecule has 0 aromatic heterocycles. The highest BCUT2D eigenvalue weighted by atomic mass is 32.2. The summed E-state index contributed by atoms with van der Waals surface area (Å²) in [5, 5.41) is 4.86. The molecule has 1 aliphatic heterocycles. The highest BCUT2D eigenvalue weighted by Gasteiger charge is 2.28. The Morgan fingerprint density at radius 2 is 1.93 bits per heavy atom. The van der Waals surface area contributed by atoms with E-state index in [1.165, 1.54) is 47.8 Å². The summed E-state index contributed by atoms with van der Waals surface area (Å²) >= 11 is 0. The first kappa shape index (κ1) is 21.6. The standard InChI is InChI=1S/C20H22FN3O5S/c1-29-18-8-7-16(12-17(18)24-9-2-3-10-30(24,27)28)23-20(26)19(25)22-13-14-5-4-6-15(21)11-14/h4-8,11-12H,2-3,9-10,13H2,1H3,(H,22,25)(H,23,26). The molecule has 1 saturated heterocycles. The Morgan fingerprint density at radius 3 is 2.63 bits per heavy atom. The average Bonchev–Trinajstić information content (AvgIpc) is 2.71. The van der Waals surface area contributed by atoms with Gasteiger partial charge < -0.3 is 15.4 Å². The van der Waals surface area contributed by atoms with E-state index in [9.17, 15) is 22.4 Å². The molecule has 0 bridgehead atoms. The fourth-order valence-corrected chi connectivity index (χ4v) is 4.76. The van der Waals surface area contributed by atoms with Gasteiger partial charge in [-0.3, -0.25) is 13.9 Å². The summed E-state index contributed by atoms with van der Waals surface area (Å²) in [6, 6.07) is 10.2. The van der Waals surface area contributed by atoms with Crippen molar-refractivity contribution in [3.63, 3.8) is 0 Å². The maximum Gasteiger partial charge on any atom is 0.313 e. The van der Waals surface area contributed by atoms with Crippen LogP contribution in [0.1, 0.15) is 18.4 Å². The first-order chi connectivity index (χ1) is 14.3. The molecule has 0 unspecified atom stereocenters. The van der Waals surface area contributed by atoms with E-state index in [0.717, 1.165) is 0 Å². The Labute approximate surface area is 174 Å². The molecule has 3 rings (SSSR count). The van der Waals surface area contributed by atoms with E-state index >= 15 is 0 Å². The lowest BCUT2D eigenvalue weighted by Gasteiger charge is -2.29. The maximum absolute atomic E-state index is 13.2. The first-order valence-corrected chi connectivity index (χ1v) is 10.9. The summed E-state index contributed by atoms with van der Waals surface area (Å²) in [6.45, 7) is 0.300. The highest BCUT2D eigenvalue weighted by Crippen LogP contribution is 2.35. The second kappa shape index (κ2) is 9.12. The van der Waals surface area contributed by atoms with Crippen LogP contribution in [-0.2, 0) is 26.2 Å². The van der Waals surface area contributed by atoms with E-state index in [-0.39, 0.29) is 18.0 Å². The van der Waals surface area contributed by atoms with Crippen molar-refractivity contribution in [2.45, 2.75) is 19.4 Å². The number of benzene rings is 2. The fourth-order valence-electron chi connectivity index (χ4n) is 3.12. The number of hydrogen-bond donors (Lipinski definition) is 2. The Bertz CT molecular complexity index is 1060. The molecule has 0 radical (unpaired) electrons. The number of amides is 2. The Balaban J connectivity index is 1.71. The molecule has 0 atom stereocenters. The summed E-state index contributed by atoms with van der Waals surface area (Å²) in [7, 11) is -2.06. The summed E-state index contributed by atoms with van der Waals surface area (Å²) in [5.74, 6) is -1.89. The van der Waals surface area contributed by atoms with Crippen LogP contribution < -0.4 is 19.7 Å². The number of carbonyl (C=O) groups excluding carboxylic acids is 2. The molecule has 2 N–H and O–H groups in total. The smallest absolute Gasteiger partial charge is 0.313 e. The van der Waals surface area contributed by atoms with Crippen molar-refractivity contribution in [3.8, 4) is 5.75 Å². The molecule has 30 heavy (non-hydrogen) atoms. The molecular formula is C20H22FN3O5S. The lowest BCUT2D eigenvalue weighted by molar-refractivity contribution is -0.136. The van der Waals surface area contributed by atoms with Crippen LogP contribution in [0.3, 0.4) is 0 Å². The summed E-state index contributed by atoms with van der Waals surface area (Å²) in [6.07, 6.45) is 1.30. The molecule has 1 fully saturated rings. The van der Waals surface area contributed by atoms with Gasteiger partial charge in [-0.1, -0.05) is 12.1 Å². The number of methoxy groups -OCH3 is 1. The molecule has 0 aliphatic carbocycles. The number of rotatable bonds is 5. The third-order valence-corrected chi connectivity index (χ3v) is 6.46. The molecule has 2 aromatic rings. The van der Waals surface area contributed by atoms with E-state index in [2.05, 4.69) is 10.6 Å². The zero-order valence-corrected chi connectivity index (χ0v) is 17.2. The zero-order valence-electron chi connectivity index (χ0n) is 16.4. The number of carbonyl (C=O) groups is 2. The van der Waals surface area contributed by atoms with Crippen molar-refractivity contribution < 1.29 is 27.1 Å². The van der Waals surface area contributed by atoms with Crippen molar-refractivity contribution >= 4 is 33.2 Å². The SMILES string of the molecule is COc1ccc(NC(=O)C(=O)NCc2cccc(F)c2)cc1N1CCCCS1(=O)=O. The minimum atomic E-state index is -3.48. The van der Waals surface area contributed by atoms with Crippen LogP contribution in [0, 0.1) is 5.82 Å². The van der Waals surface area contributed by atoms with Crippen molar-refractivity contribution in [2.24, 2.45) is 0 Å². The second-order valence-corrected chi connectivity index (χ2v) is 8.76. The van der Waals surface area contributed by atoms with Gasteiger partial charge in [0.05, 0.1) is 18.6 Å². The predicted octanol–water partition coefficient (Wildman–Crippen LogP) is 2.02. The molecule has 8 nitrogen and oxygen atoms in total. The summed E-state index contributed by atoms with van der Waals surface area (Å²) in [4.78, 5) is 24.3. The van der Waals surface area contributed by atoms with Crippen LogP contribution >= 0.6 is 0 Å². The second-order valence-electron chi connectivity index (χ2n) is 6.75. The van der Waals surface area contributed by atoms with Gasteiger partial charge in [-0.25, -0.2) is 12.8 Å². The zero-order chi connectivity index (χ0) is 21.7. The predicted molar refractivity (Wildman–Crippen MR) is 110 cm³/mol. The topological polar surface area (TPSA) is 105 Å². The highest BCUT2D eigenvalue weighted by molar-refractivity contribution is 7.92. The third kappa shape index (κ3) is 5.07. The molecule has 1 aliphatic rings. The Morgan fingerprint density at radius 1 is 1.13 bits per heavy atom. The van der Waals surface area contributed by atoms with E-state index < -0.39 is 27.7 Å². The van der Waals surface area contributed by atoms with Crippen molar-refractivity contribution in [2.75, 3.05) is 29.0 Å². The molecule has 160 valence electrons. The Kier molecular flexibility index (Phi) is 6.56. The van der Waals surface area contributed by atoms with Gasteiger partial charge in [0.1, 0.15) is 11.6 Å². The quantitative estimate of drug-likeness (QED) is 0.700. The van der Waals surface area contributed by atoms with Crippen molar-refractivity contribution in [3.05, 3.63) is 53.8 Å². The van der Waals surface area contributed by atoms with Gasteiger partial charge in [0.15, 0.2) is 0 Å². The number of hydrogen-bond acceptors (Lipinski definition) is 5. The molecule has 1 heterocycles. The minimum absolute atomic E-state index is 0.0100. The van der Waals surface area contributed by atoms with Gasteiger partial charge in [0, 0.05) is 18.8 Å². The van der Waals surface area contributed by atoms with Crippen molar-refractivity contribution in [1.82, 2.24) is 5.32 Å². The summed E-state index contributed by atoms with van der Waals surface area (Å²) in [5.41, 5.74) is 1.06. The van der Waals surface area contributed by atoms with E-state index in [4.69, 9.17) is 4.74 Å². The molecule has 0 saturated carbocycles. The first-order valence-electron chi connectivity index (χ1n) is 9.32. The molecule has 2 amide bonds. The van der Waals surface area contributed by atoms with Gasteiger partial charge in [0.2, 0.25) is 10.0 Å². The summed E-state index contributed by atoms with van der Waals surface area (Å²) < 4.78 is 44.6. The average molecular weight is 435 g/mol. The van der Waals surface area contributed by atoms with Crippen LogP contribution in [0.4, 0.5) is 15.8 Å². The van der Waals surface area contributed by atoms with E-state index in [1.54, 1.807) is 6.07 Å². The number of sulfonamides is 1. The van der Waals surface area contributed by atoms with Crippen LogP contribution in [0.15, 0.2) is 42.5 Å². The normalized spacial score (nSPS) is 15.3. The molecular weight excluding hydrogens is 413 g/mol. The lowest BCUT2D eigenvalue weighted by Crippen LogP contribution is -2.38. The largest absolute Gasteiger partial charge is 0.495 e. The fraction of sp³-hybridized carbons (Fsp3) is 0.300. The minimum Gasteiger partial charge on any atom is -0.495 e. The van der Waals surface area contributed by atoms with E-state index in [1.807, 2.05) is 0 Å². The van der Waals surface area contributed by atoms with Gasteiger partial charge in [-0.2, -0.15) is 0 Å². The van der Waals surface area contributed by atoms with Gasteiger partial charge in [0.25, 0.3) is 0 Å². The van der Waals surface area contributed by atoms with Gasteiger partial charge in [-0.15, -0.1) is 0 Å². The number of nitrogens with one attached hydrogen (secondary N) is 2. The number of ether oxygens (including phenoxy) is 1. The van der Waals surface area contributed by atoms with Crippen LogP contribution in [0.25, 0.3) is 0 Å². The maximum atomic E-state index is 13.2. The van der Waals surface area contributed by atoms with Crippen LogP contribution in [0.5, 0.6) is 5.75 Å². The van der Waals surface area contributed by atoms with Gasteiger partial charge in [-0.05, 0) is 48.7 Å². The van der Waals surface area contributed by atoms with Crippen LogP contribution in [-0.4, -0.2) is 39.6 Å². The molecule has 2 aromatic carbocycles. The number of halogens is 1. The molecule has 0 spiro atoms. The monoisotopic (exact) mass is 435 g/mol. The van der Waals surface area contributed by atoms with Crippen LogP contribution in [0.2, 0.25) is 0 Å². The van der Waals surface area contributed by atoms with Crippen molar-refractivity contribution in [1.29, 1.82) is 0 Å². The number of anilines is 2. The Hall–Kier alpha value is -3.14. The number of nitrogens with zero attached hydrogens (tertiary/aromatic N) is 1. The van der Waals surface area contributed by atoms with E-state index in [0.29, 0.717) is 36.4 Å². The molecule has 10 heteroatoms. The third-order valence-electron chi connectivity index (χ3n) is 4.60.